The Balaban J connectivity index is 1.67. The van der Waals surface area contributed by atoms with Crippen LogP contribution in [0.4, 0.5) is 11.4 Å². The van der Waals surface area contributed by atoms with Crippen molar-refractivity contribution in [3.05, 3.63) is 47.0 Å². The number of rotatable bonds is 5. The highest BCUT2D eigenvalue weighted by Gasteiger charge is 2.18. The summed E-state index contributed by atoms with van der Waals surface area (Å²) in [5, 5.41) is 3.43. The van der Waals surface area contributed by atoms with Gasteiger partial charge >= 0.3 is 0 Å². The lowest BCUT2D eigenvalue weighted by Gasteiger charge is -2.24. The summed E-state index contributed by atoms with van der Waals surface area (Å²) in [6.45, 7) is 4.54. The van der Waals surface area contributed by atoms with Crippen LogP contribution >= 0.6 is 11.6 Å². The first-order chi connectivity index (χ1) is 13.0. The Hall–Kier alpha value is -2.73. The molecular weight excluding hydrogens is 368 g/mol. The Morgan fingerprint density at radius 1 is 1.15 bits per heavy atom. The van der Waals surface area contributed by atoms with Crippen LogP contribution in [0.15, 0.2) is 36.4 Å². The summed E-state index contributed by atoms with van der Waals surface area (Å²) < 4.78 is 11.1. The maximum Gasteiger partial charge on any atom is 0.226 e. The number of hydrogen-bond donors (Lipinski definition) is 1. The van der Waals surface area contributed by atoms with Crippen LogP contribution in [0.2, 0.25) is 5.02 Å². The number of hydrogen-bond acceptors (Lipinski definition) is 4. The molecule has 0 spiro atoms. The van der Waals surface area contributed by atoms with Gasteiger partial charge in [-0.05, 0) is 36.8 Å². The van der Waals surface area contributed by atoms with E-state index in [-0.39, 0.29) is 24.8 Å². The first kappa shape index (κ1) is 19.0. The molecule has 0 saturated heterocycles. The molecule has 1 aliphatic rings. The van der Waals surface area contributed by atoms with Crippen LogP contribution in [0.1, 0.15) is 18.9 Å². The predicted molar refractivity (Wildman–Crippen MR) is 105 cm³/mol. The summed E-state index contributed by atoms with van der Waals surface area (Å²) in [7, 11) is 0. The lowest BCUT2D eigenvalue weighted by atomic mass is 10.2. The summed E-state index contributed by atoms with van der Waals surface area (Å²) in [6, 6.07) is 10.7. The van der Waals surface area contributed by atoms with Crippen molar-refractivity contribution in [2.75, 3.05) is 30.0 Å². The molecule has 7 heteroatoms. The van der Waals surface area contributed by atoms with Crippen LogP contribution < -0.4 is 19.7 Å². The average molecular weight is 389 g/mol. The molecule has 0 aromatic heterocycles. The molecule has 6 nitrogen and oxygen atoms in total. The predicted octanol–water partition coefficient (Wildman–Crippen LogP) is 3.80. The maximum absolute atomic E-state index is 12.3. The molecule has 0 fully saturated rings. The molecule has 0 saturated carbocycles. The van der Waals surface area contributed by atoms with E-state index in [9.17, 15) is 9.59 Å². The fourth-order valence-corrected chi connectivity index (χ4v) is 3.01. The summed E-state index contributed by atoms with van der Waals surface area (Å²) in [5.74, 6) is 0.911. The van der Waals surface area contributed by atoms with Gasteiger partial charge in [0.1, 0.15) is 13.2 Å². The van der Waals surface area contributed by atoms with Crippen molar-refractivity contribution in [3.8, 4) is 11.5 Å². The zero-order valence-electron chi connectivity index (χ0n) is 15.3. The Labute approximate surface area is 163 Å². The molecule has 1 aliphatic heterocycles. The first-order valence-corrected chi connectivity index (χ1v) is 9.06. The molecule has 27 heavy (non-hydrogen) atoms. The van der Waals surface area contributed by atoms with Crippen molar-refractivity contribution in [1.82, 2.24) is 0 Å². The number of benzene rings is 2. The van der Waals surface area contributed by atoms with Crippen molar-refractivity contribution in [2.45, 2.75) is 20.3 Å². The number of nitrogens with one attached hydrogen (secondary N) is 1. The summed E-state index contributed by atoms with van der Waals surface area (Å²) in [5.41, 5.74) is 2.14. The normalized spacial score (nSPS) is 12.4. The Morgan fingerprint density at radius 2 is 1.89 bits per heavy atom. The lowest BCUT2D eigenvalue weighted by Crippen LogP contribution is -2.32. The van der Waals surface area contributed by atoms with E-state index in [1.165, 1.54) is 6.92 Å². The van der Waals surface area contributed by atoms with Crippen molar-refractivity contribution >= 4 is 34.8 Å². The van der Waals surface area contributed by atoms with Gasteiger partial charge in [-0.25, -0.2) is 0 Å². The fourth-order valence-electron chi connectivity index (χ4n) is 2.84. The highest BCUT2D eigenvalue weighted by molar-refractivity contribution is 6.31. The van der Waals surface area contributed by atoms with Crippen LogP contribution in [0, 0.1) is 6.92 Å². The van der Waals surface area contributed by atoms with E-state index in [0.29, 0.717) is 41.1 Å². The minimum absolute atomic E-state index is 0.153. The average Bonchev–Trinajstić information content (AvgIpc) is 2.65. The standard InChI is InChI=1S/C20H21ClN2O4/c1-13-16(21)4-3-5-17(13)22-20(25)8-9-23(14(2)24)15-6-7-18-19(12-15)27-11-10-26-18/h3-7,12H,8-11H2,1-2H3,(H,22,25). The molecule has 1 heterocycles. The van der Waals surface area contributed by atoms with Crippen molar-refractivity contribution in [3.63, 3.8) is 0 Å². The second-order valence-electron chi connectivity index (χ2n) is 6.21. The van der Waals surface area contributed by atoms with Crippen LogP contribution in [-0.2, 0) is 9.59 Å². The van der Waals surface area contributed by atoms with Crippen LogP contribution in [-0.4, -0.2) is 31.6 Å². The van der Waals surface area contributed by atoms with Gasteiger partial charge in [0.2, 0.25) is 11.8 Å². The number of anilines is 2. The minimum atomic E-state index is -0.191. The van der Waals surface area contributed by atoms with E-state index in [0.717, 1.165) is 5.56 Å². The molecule has 0 aliphatic carbocycles. The van der Waals surface area contributed by atoms with E-state index < -0.39 is 0 Å². The van der Waals surface area contributed by atoms with Crippen LogP contribution in [0.25, 0.3) is 0 Å². The Bertz CT molecular complexity index is 869. The molecule has 0 bridgehead atoms. The van der Waals surface area contributed by atoms with Crippen LogP contribution in [0.5, 0.6) is 11.5 Å². The molecule has 2 amide bonds. The number of carbonyl (C=O) groups is 2. The molecule has 2 aromatic carbocycles. The smallest absolute Gasteiger partial charge is 0.226 e. The quantitative estimate of drug-likeness (QED) is 0.845. The Kier molecular flexibility index (Phi) is 5.86. The fraction of sp³-hybridized carbons (Fsp3) is 0.300. The third-order valence-corrected chi connectivity index (χ3v) is 4.73. The van der Waals surface area contributed by atoms with E-state index >= 15 is 0 Å². The molecule has 2 aromatic rings. The molecule has 3 rings (SSSR count). The topological polar surface area (TPSA) is 67.9 Å². The highest BCUT2D eigenvalue weighted by Crippen LogP contribution is 2.34. The van der Waals surface area contributed by atoms with Crippen molar-refractivity contribution in [2.24, 2.45) is 0 Å². The van der Waals surface area contributed by atoms with Gasteiger partial charge in [-0.15, -0.1) is 0 Å². The van der Waals surface area contributed by atoms with Gasteiger partial charge in [0.05, 0.1) is 0 Å². The van der Waals surface area contributed by atoms with E-state index in [1.54, 1.807) is 41.3 Å². The van der Waals surface area contributed by atoms with Gasteiger partial charge in [0.25, 0.3) is 0 Å². The van der Waals surface area contributed by atoms with Crippen molar-refractivity contribution < 1.29 is 19.1 Å². The van der Waals surface area contributed by atoms with Gasteiger partial charge in [0, 0.05) is 42.4 Å². The van der Waals surface area contributed by atoms with Crippen molar-refractivity contribution in [1.29, 1.82) is 0 Å². The number of nitrogens with zero attached hydrogens (tertiary/aromatic N) is 1. The zero-order valence-corrected chi connectivity index (χ0v) is 16.0. The van der Waals surface area contributed by atoms with Gasteiger partial charge in [-0.3, -0.25) is 9.59 Å². The molecule has 142 valence electrons. The number of halogens is 1. The number of carbonyl (C=O) groups excluding carboxylic acids is 2. The second-order valence-corrected chi connectivity index (χ2v) is 6.62. The zero-order chi connectivity index (χ0) is 19.4. The molecular formula is C20H21ClN2O4. The largest absolute Gasteiger partial charge is 0.486 e. The van der Waals surface area contributed by atoms with Gasteiger partial charge in [-0.2, -0.15) is 0 Å². The molecule has 0 unspecified atom stereocenters. The van der Waals surface area contributed by atoms with Gasteiger partial charge in [0.15, 0.2) is 11.5 Å². The summed E-state index contributed by atoms with van der Waals surface area (Å²) in [4.78, 5) is 26.0. The van der Waals surface area contributed by atoms with Gasteiger partial charge in [-0.1, -0.05) is 17.7 Å². The number of fused-ring (bicyclic) bond motifs is 1. The SMILES string of the molecule is CC(=O)N(CCC(=O)Nc1cccc(Cl)c1C)c1ccc2c(c1)OCCO2. The maximum atomic E-state index is 12.3. The van der Waals surface area contributed by atoms with Crippen LogP contribution in [0.3, 0.4) is 0 Å². The summed E-state index contributed by atoms with van der Waals surface area (Å²) >= 11 is 6.08. The second kappa shape index (κ2) is 8.31. The van der Waals surface area contributed by atoms with E-state index in [2.05, 4.69) is 5.32 Å². The minimum Gasteiger partial charge on any atom is -0.486 e. The Morgan fingerprint density at radius 3 is 2.63 bits per heavy atom. The third kappa shape index (κ3) is 4.52. The molecule has 1 N–H and O–H groups in total. The van der Waals surface area contributed by atoms with E-state index in [4.69, 9.17) is 21.1 Å². The highest BCUT2D eigenvalue weighted by atomic mass is 35.5. The first-order valence-electron chi connectivity index (χ1n) is 8.68. The van der Waals surface area contributed by atoms with Gasteiger partial charge < -0.3 is 19.7 Å². The van der Waals surface area contributed by atoms with E-state index in [1.807, 2.05) is 6.92 Å². The lowest BCUT2D eigenvalue weighted by molar-refractivity contribution is -0.117. The third-order valence-electron chi connectivity index (χ3n) is 4.32. The number of ether oxygens (including phenoxy) is 2. The monoisotopic (exact) mass is 388 g/mol. The molecule has 0 atom stereocenters. The molecule has 0 radical (unpaired) electrons. The number of amides is 2. The summed E-state index contributed by atoms with van der Waals surface area (Å²) in [6.07, 6.45) is 0.153.